The number of allylic oxidation sites excluding steroid dienone is 1. The fourth-order valence-corrected chi connectivity index (χ4v) is 4.33. The monoisotopic (exact) mass is 443 g/mol. The minimum Gasteiger partial charge on any atom is -0.383 e. The third-order valence-electron chi connectivity index (χ3n) is 5.99. The minimum absolute atomic E-state index is 0.0255. The number of carbonyl (C=O) groups is 1. The smallest absolute Gasteiger partial charge is 0.383 e. The number of pyridine rings is 2. The molecule has 4 rings (SSSR count). The molecule has 1 saturated carbocycles. The molecule has 0 aromatic carbocycles. The summed E-state index contributed by atoms with van der Waals surface area (Å²) in [7, 11) is 0. The summed E-state index contributed by atoms with van der Waals surface area (Å²) in [5, 5.41) is 2.96. The molecule has 168 valence electrons. The molecule has 3 N–H and O–H groups in total. The van der Waals surface area contributed by atoms with Gasteiger partial charge in [0.15, 0.2) is 0 Å². The van der Waals surface area contributed by atoms with Crippen LogP contribution in [0.4, 0.5) is 24.7 Å². The van der Waals surface area contributed by atoms with Crippen molar-refractivity contribution in [2.24, 2.45) is 0 Å². The van der Waals surface area contributed by atoms with Gasteiger partial charge < -0.3 is 15.5 Å². The highest BCUT2D eigenvalue weighted by molar-refractivity contribution is 6.04. The maximum atomic E-state index is 12.9. The van der Waals surface area contributed by atoms with Gasteiger partial charge in [0.05, 0.1) is 0 Å². The molecule has 0 atom stereocenters. The van der Waals surface area contributed by atoms with E-state index in [1.807, 2.05) is 35.9 Å². The third kappa shape index (κ3) is 4.46. The summed E-state index contributed by atoms with van der Waals surface area (Å²) in [6, 6.07) is 6.05. The largest absolute Gasteiger partial charge is 0.433 e. The Balaban J connectivity index is 1.46. The zero-order chi connectivity index (χ0) is 22.9. The van der Waals surface area contributed by atoms with Crippen molar-refractivity contribution in [2.45, 2.75) is 51.1 Å². The van der Waals surface area contributed by atoms with Crippen LogP contribution in [-0.4, -0.2) is 20.3 Å². The van der Waals surface area contributed by atoms with Gasteiger partial charge in [-0.2, -0.15) is 13.2 Å². The Labute approximate surface area is 183 Å². The van der Waals surface area contributed by atoms with Crippen molar-refractivity contribution in [1.29, 1.82) is 0 Å². The van der Waals surface area contributed by atoms with E-state index in [0.29, 0.717) is 43.4 Å². The molecule has 3 aromatic rings. The number of nitrogens with two attached hydrogens (primary N) is 1. The van der Waals surface area contributed by atoms with Crippen LogP contribution in [0.25, 0.3) is 5.65 Å². The van der Waals surface area contributed by atoms with Crippen molar-refractivity contribution >= 4 is 23.1 Å². The van der Waals surface area contributed by atoms with Gasteiger partial charge >= 0.3 is 6.18 Å². The molecule has 32 heavy (non-hydrogen) atoms. The number of anilines is 2. The molecule has 1 fully saturated rings. The van der Waals surface area contributed by atoms with Crippen molar-refractivity contribution in [1.82, 2.24) is 14.4 Å². The van der Waals surface area contributed by atoms with Crippen LogP contribution in [-0.2, 0) is 11.0 Å². The van der Waals surface area contributed by atoms with Gasteiger partial charge in [0, 0.05) is 35.9 Å². The number of carbonyl (C=O) groups excluding carboxylic acids is 1. The van der Waals surface area contributed by atoms with Gasteiger partial charge in [0.1, 0.15) is 17.2 Å². The Morgan fingerprint density at radius 2 is 1.97 bits per heavy atom. The first kappa shape index (κ1) is 21.9. The van der Waals surface area contributed by atoms with Gasteiger partial charge in [-0.15, -0.1) is 0 Å². The fraction of sp³-hybridized carbons (Fsp3) is 0.348. The first-order valence-electron chi connectivity index (χ1n) is 10.5. The maximum absolute atomic E-state index is 12.9. The number of nitrogen functional groups attached to an aromatic ring is 1. The molecular formula is C23H24F3N5O. The molecule has 1 aliphatic rings. The summed E-state index contributed by atoms with van der Waals surface area (Å²) in [6.45, 7) is 1.95. The number of rotatable bonds is 4. The van der Waals surface area contributed by atoms with Crippen molar-refractivity contribution in [3.8, 4) is 0 Å². The lowest BCUT2D eigenvalue weighted by atomic mass is 9.79. The van der Waals surface area contributed by atoms with Gasteiger partial charge in [-0.3, -0.25) is 4.79 Å². The van der Waals surface area contributed by atoms with E-state index in [1.165, 1.54) is 6.07 Å². The van der Waals surface area contributed by atoms with Crippen molar-refractivity contribution in [3.05, 3.63) is 65.3 Å². The average Bonchev–Trinajstić information content (AvgIpc) is 3.22. The Hall–Kier alpha value is -3.36. The minimum atomic E-state index is -4.51. The summed E-state index contributed by atoms with van der Waals surface area (Å²) < 4.78 is 40.4. The van der Waals surface area contributed by atoms with E-state index in [0.717, 1.165) is 22.9 Å². The quantitative estimate of drug-likeness (QED) is 0.534. The van der Waals surface area contributed by atoms with E-state index in [1.54, 1.807) is 6.20 Å². The van der Waals surface area contributed by atoms with Crippen LogP contribution in [0.5, 0.6) is 0 Å². The summed E-state index contributed by atoms with van der Waals surface area (Å²) in [5.74, 6) is -0.176. The normalized spacial score (nSPS) is 16.9. The number of hydrogen-bond acceptors (Lipinski definition) is 4. The van der Waals surface area contributed by atoms with Crippen LogP contribution < -0.4 is 11.1 Å². The lowest BCUT2D eigenvalue weighted by Crippen LogP contribution is -2.19. The van der Waals surface area contributed by atoms with E-state index in [4.69, 9.17) is 5.73 Å². The van der Waals surface area contributed by atoms with Crippen LogP contribution in [0.15, 0.2) is 54.0 Å². The first-order chi connectivity index (χ1) is 15.3. The molecule has 9 heteroatoms. The highest BCUT2D eigenvalue weighted by Crippen LogP contribution is 2.40. The predicted molar refractivity (Wildman–Crippen MR) is 116 cm³/mol. The number of alkyl halides is 3. The van der Waals surface area contributed by atoms with E-state index >= 15 is 0 Å². The van der Waals surface area contributed by atoms with Crippen LogP contribution in [0.3, 0.4) is 0 Å². The first-order valence-corrected chi connectivity index (χ1v) is 10.5. The maximum Gasteiger partial charge on any atom is 0.433 e. The SMILES string of the molecule is CCC(C(=O)Nc1ccn2ccnc2c1)=C1CCC(c2ccc(C(F)(F)F)nc2N)CC1. The number of halogens is 3. The topological polar surface area (TPSA) is 85.3 Å². The molecule has 1 aliphatic carbocycles. The molecule has 3 aromatic heterocycles. The zero-order valence-corrected chi connectivity index (χ0v) is 17.6. The number of nitrogens with one attached hydrogen (secondary N) is 1. The van der Waals surface area contributed by atoms with Gasteiger partial charge in [-0.25, -0.2) is 9.97 Å². The molecule has 6 nitrogen and oxygen atoms in total. The van der Waals surface area contributed by atoms with Crippen LogP contribution in [0.2, 0.25) is 0 Å². The highest BCUT2D eigenvalue weighted by atomic mass is 19.4. The second kappa shape index (κ2) is 8.64. The molecule has 0 bridgehead atoms. The number of hydrogen-bond donors (Lipinski definition) is 2. The molecule has 0 radical (unpaired) electrons. The third-order valence-corrected chi connectivity index (χ3v) is 5.99. The molecule has 0 aliphatic heterocycles. The molecule has 0 saturated heterocycles. The molecule has 3 heterocycles. The highest BCUT2D eigenvalue weighted by Gasteiger charge is 2.33. The van der Waals surface area contributed by atoms with Crippen LogP contribution >= 0.6 is 0 Å². The Morgan fingerprint density at radius 1 is 1.22 bits per heavy atom. The summed E-state index contributed by atoms with van der Waals surface area (Å²) in [5.41, 5.74) is 8.77. The Kier molecular flexibility index (Phi) is 5.90. The second-order valence-electron chi connectivity index (χ2n) is 7.94. The number of imidazole rings is 1. The van der Waals surface area contributed by atoms with Crippen molar-refractivity contribution in [2.75, 3.05) is 11.1 Å². The lowest BCUT2D eigenvalue weighted by Gasteiger charge is -2.27. The zero-order valence-electron chi connectivity index (χ0n) is 17.6. The van der Waals surface area contributed by atoms with E-state index in [2.05, 4.69) is 15.3 Å². The van der Waals surface area contributed by atoms with Crippen molar-refractivity contribution < 1.29 is 18.0 Å². The van der Waals surface area contributed by atoms with Crippen LogP contribution in [0.1, 0.15) is 56.2 Å². The van der Waals surface area contributed by atoms with Gasteiger partial charge in [-0.1, -0.05) is 18.6 Å². The van der Waals surface area contributed by atoms with E-state index < -0.39 is 11.9 Å². The van der Waals surface area contributed by atoms with Gasteiger partial charge in [0.25, 0.3) is 5.91 Å². The molecular weight excluding hydrogens is 419 g/mol. The molecule has 1 amide bonds. The summed E-state index contributed by atoms with van der Waals surface area (Å²) >= 11 is 0. The van der Waals surface area contributed by atoms with E-state index in [-0.39, 0.29) is 17.6 Å². The fourth-order valence-electron chi connectivity index (χ4n) is 4.33. The second-order valence-corrected chi connectivity index (χ2v) is 7.94. The van der Waals surface area contributed by atoms with Crippen LogP contribution in [0, 0.1) is 0 Å². The standard InChI is InChI=1S/C23H24F3N5O/c1-2-17(22(32)29-16-9-11-31-12-10-28-20(31)13-16)14-3-5-15(6-4-14)18-7-8-19(23(24,25)26)30-21(18)27/h7-13,15H,2-6H2,1H3,(H2,27,30)(H,29,32). The number of fused-ring (bicyclic) bond motifs is 1. The Morgan fingerprint density at radius 3 is 2.62 bits per heavy atom. The molecule has 0 spiro atoms. The van der Waals surface area contributed by atoms with Gasteiger partial charge in [-0.05, 0) is 55.7 Å². The Bertz CT molecular complexity index is 1170. The lowest BCUT2D eigenvalue weighted by molar-refractivity contribution is -0.141. The van der Waals surface area contributed by atoms with E-state index in [9.17, 15) is 18.0 Å². The molecule has 0 unspecified atom stereocenters. The summed E-state index contributed by atoms with van der Waals surface area (Å²) in [4.78, 5) is 20.7. The number of aromatic nitrogens is 3. The van der Waals surface area contributed by atoms with Gasteiger partial charge in [0.2, 0.25) is 0 Å². The number of amides is 1. The van der Waals surface area contributed by atoms with Crippen molar-refractivity contribution in [3.63, 3.8) is 0 Å². The predicted octanol–water partition coefficient (Wildman–Crippen LogP) is 5.33. The number of nitrogens with zero attached hydrogens (tertiary/aromatic N) is 3. The average molecular weight is 443 g/mol. The summed E-state index contributed by atoms with van der Waals surface area (Å²) in [6.07, 6.45) is 4.26.